The van der Waals surface area contributed by atoms with Gasteiger partial charge in [0, 0.05) is 17.6 Å². The van der Waals surface area contributed by atoms with Gasteiger partial charge in [-0.3, -0.25) is 0 Å². The molecule has 0 amide bonds. The van der Waals surface area contributed by atoms with E-state index in [1.807, 2.05) is 6.92 Å². The Kier molecular flexibility index (Phi) is 2.60. The molecule has 3 nitrogen and oxygen atoms in total. The first-order valence-electron chi connectivity index (χ1n) is 5.00. The van der Waals surface area contributed by atoms with Gasteiger partial charge < -0.3 is 10.6 Å². The lowest BCUT2D eigenvalue weighted by molar-refractivity contribution is 0.179. The van der Waals surface area contributed by atoms with Crippen molar-refractivity contribution in [2.45, 2.75) is 25.3 Å². The molecule has 2 heterocycles. The number of hydrogen-bond acceptors (Lipinski definition) is 4. The summed E-state index contributed by atoms with van der Waals surface area (Å²) in [6.45, 7) is 4.11. The van der Waals surface area contributed by atoms with E-state index in [9.17, 15) is 0 Å². The Morgan fingerprint density at radius 1 is 1.64 bits per heavy atom. The first-order valence-corrected chi connectivity index (χ1v) is 5.88. The lowest BCUT2D eigenvalue weighted by Crippen LogP contribution is -2.50. The van der Waals surface area contributed by atoms with Gasteiger partial charge in [-0.25, -0.2) is 4.98 Å². The van der Waals surface area contributed by atoms with Crippen LogP contribution in [0.25, 0.3) is 0 Å². The Hall–Kier alpha value is -0.450. The van der Waals surface area contributed by atoms with Crippen LogP contribution < -0.4 is 5.73 Å². The molecule has 0 radical (unpaired) electrons. The van der Waals surface area contributed by atoms with Crippen LogP contribution in [-0.4, -0.2) is 30.0 Å². The summed E-state index contributed by atoms with van der Waals surface area (Å²) in [5.41, 5.74) is 7.27. The molecule has 1 aliphatic rings. The van der Waals surface area contributed by atoms with Crippen molar-refractivity contribution in [3.63, 3.8) is 0 Å². The molecule has 1 fully saturated rings. The van der Waals surface area contributed by atoms with Gasteiger partial charge in [0.25, 0.3) is 0 Å². The summed E-state index contributed by atoms with van der Waals surface area (Å²) >= 11 is 1.69. The summed E-state index contributed by atoms with van der Waals surface area (Å²) in [5.74, 6) is 0. The van der Waals surface area contributed by atoms with E-state index in [0.29, 0.717) is 0 Å². The van der Waals surface area contributed by atoms with Crippen LogP contribution in [0.15, 0.2) is 5.38 Å². The summed E-state index contributed by atoms with van der Waals surface area (Å²) in [4.78, 5) is 6.80. The van der Waals surface area contributed by atoms with Crippen molar-refractivity contribution in [2.75, 3.05) is 20.1 Å². The van der Waals surface area contributed by atoms with Gasteiger partial charge in [-0.1, -0.05) is 0 Å². The average molecular weight is 211 g/mol. The van der Waals surface area contributed by atoms with Crippen molar-refractivity contribution in [2.24, 2.45) is 5.73 Å². The molecule has 1 unspecified atom stereocenters. The second-order valence-corrected chi connectivity index (χ2v) is 5.15. The zero-order valence-electron chi connectivity index (χ0n) is 8.79. The Morgan fingerprint density at radius 2 is 2.43 bits per heavy atom. The van der Waals surface area contributed by atoms with Crippen molar-refractivity contribution >= 4 is 11.3 Å². The van der Waals surface area contributed by atoms with Crippen LogP contribution in [0, 0.1) is 6.92 Å². The molecule has 4 heteroatoms. The number of piperidine rings is 1. The maximum atomic E-state index is 6.39. The van der Waals surface area contributed by atoms with E-state index in [1.54, 1.807) is 11.3 Å². The van der Waals surface area contributed by atoms with Crippen LogP contribution in [0.5, 0.6) is 0 Å². The highest BCUT2D eigenvalue weighted by atomic mass is 32.1. The molecule has 1 atom stereocenters. The number of thiazole rings is 1. The van der Waals surface area contributed by atoms with Gasteiger partial charge in [0.1, 0.15) is 5.01 Å². The fourth-order valence-electron chi connectivity index (χ4n) is 2.06. The maximum absolute atomic E-state index is 6.39. The van der Waals surface area contributed by atoms with Crippen molar-refractivity contribution in [1.82, 2.24) is 9.88 Å². The Morgan fingerprint density at radius 3 is 3.00 bits per heavy atom. The second-order valence-electron chi connectivity index (χ2n) is 4.29. The van der Waals surface area contributed by atoms with Gasteiger partial charge in [-0.15, -0.1) is 11.3 Å². The topological polar surface area (TPSA) is 42.1 Å². The zero-order valence-corrected chi connectivity index (χ0v) is 9.60. The Bertz CT molecular complexity index is 323. The van der Waals surface area contributed by atoms with Gasteiger partial charge in [0.15, 0.2) is 0 Å². The Balaban J connectivity index is 2.22. The zero-order chi connectivity index (χ0) is 10.2. The van der Waals surface area contributed by atoms with Crippen LogP contribution in [0.2, 0.25) is 0 Å². The second kappa shape index (κ2) is 3.61. The minimum Gasteiger partial charge on any atom is -0.318 e. The van der Waals surface area contributed by atoms with Crippen LogP contribution >= 0.6 is 11.3 Å². The summed E-state index contributed by atoms with van der Waals surface area (Å²) in [7, 11) is 2.13. The molecule has 0 spiro atoms. The molecule has 1 aromatic heterocycles. The van der Waals surface area contributed by atoms with Gasteiger partial charge in [0.2, 0.25) is 0 Å². The molecule has 0 aromatic carbocycles. The lowest BCUT2D eigenvalue weighted by atomic mass is 9.91. The number of nitrogens with two attached hydrogens (primary N) is 1. The first kappa shape index (κ1) is 10.1. The molecule has 0 aliphatic carbocycles. The summed E-state index contributed by atoms with van der Waals surface area (Å²) < 4.78 is 0. The fraction of sp³-hybridized carbons (Fsp3) is 0.700. The molecule has 14 heavy (non-hydrogen) atoms. The number of aromatic nitrogens is 1. The number of hydrogen-bond donors (Lipinski definition) is 1. The molecular weight excluding hydrogens is 194 g/mol. The third-order valence-electron chi connectivity index (χ3n) is 2.76. The van der Waals surface area contributed by atoms with Crippen molar-refractivity contribution < 1.29 is 0 Å². The number of aryl methyl sites for hydroxylation is 1. The van der Waals surface area contributed by atoms with E-state index in [4.69, 9.17) is 5.73 Å². The summed E-state index contributed by atoms with van der Waals surface area (Å²) in [6.07, 6.45) is 2.23. The van der Waals surface area contributed by atoms with Crippen LogP contribution in [-0.2, 0) is 5.54 Å². The molecule has 1 saturated heterocycles. The standard InChI is InChI=1S/C10H17N3S/c1-8-6-14-9(12-8)10(11)4-3-5-13(2)7-10/h6H,3-5,7,11H2,1-2H3. The van der Waals surface area contributed by atoms with E-state index in [1.165, 1.54) is 6.42 Å². The van der Waals surface area contributed by atoms with E-state index < -0.39 is 0 Å². The third-order valence-corrected chi connectivity index (χ3v) is 3.94. The molecular formula is C10H17N3S. The van der Waals surface area contributed by atoms with Crippen molar-refractivity contribution in [3.8, 4) is 0 Å². The molecule has 78 valence electrons. The molecule has 2 N–H and O–H groups in total. The fourth-order valence-corrected chi connectivity index (χ4v) is 2.99. The minimum absolute atomic E-state index is 0.202. The minimum atomic E-state index is -0.202. The predicted molar refractivity (Wildman–Crippen MR) is 59.4 cm³/mol. The van der Waals surface area contributed by atoms with Gasteiger partial charge in [-0.2, -0.15) is 0 Å². The van der Waals surface area contributed by atoms with E-state index >= 15 is 0 Å². The first-order chi connectivity index (χ1) is 6.60. The van der Waals surface area contributed by atoms with Crippen molar-refractivity contribution in [3.05, 3.63) is 16.1 Å². The van der Waals surface area contributed by atoms with Crippen LogP contribution in [0.4, 0.5) is 0 Å². The summed E-state index contributed by atoms with van der Waals surface area (Å²) in [6, 6.07) is 0. The predicted octanol–water partition coefficient (Wildman–Crippen LogP) is 1.33. The van der Waals surface area contributed by atoms with Crippen LogP contribution in [0.3, 0.4) is 0 Å². The largest absolute Gasteiger partial charge is 0.318 e. The maximum Gasteiger partial charge on any atom is 0.114 e. The number of likely N-dealkylation sites (tertiary alicyclic amines) is 1. The number of rotatable bonds is 1. The number of likely N-dealkylation sites (N-methyl/N-ethyl adjacent to an activating group) is 1. The highest BCUT2D eigenvalue weighted by Crippen LogP contribution is 2.30. The van der Waals surface area contributed by atoms with E-state index in [0.717, 1.165) is 30.2 Å². The van der Waals surface area contributed by atoms with E-state index in [-0.39, 0.29) is 5.54 Å². The number of nitrogens with zero attached hydrogens (tertiary/aromatic N) is 2. The monoisotopic (exact) mass is 211 g/mol. The average Bonchev–Trinajstić information content (AvgIpc) is 2.52. The smallest absolute Gasteiger partial charge is 0.114 e. The van der Waals surface area contributed by atoms with Crippen LogP contribution in [0.1, 0.15) is 23.5 Å². The highest BCUT2D eigenvalue weighted by molar-refractivity contribution is 7.09. The third kappa shape index (κ3) is 1.82. The SMILES string of the molecule is Cc1csc(C2(N)CCCN(C)C2)n1. The molecule has 1 aromatic rings. The summed E-state index contributed by atoms with van der Waals surface area (Å²) in [5, 5.41) is 3.18. The van der Waals surface area contributed by atoms with Gasteiger partial charge >= 0.3 is 0 Å². The van der Waals surface area contributed by atoms with Gasteiger partial charge in [-0.05, 0) is 33.4 Å². The molecule has 2 rings (SSSR count). The lowest BCUT2D eigenvalue weighted by Gasteiger charge is -2.36. The normalized spacial score (nSPS) is 29.4. The van der Waals surface area contributed by atoms with Gasteiger partial charge in [0.05, 0.1) is 5.54 Å². The van der Waals surface area contributed by atoms with Crippen molar-refractivity contribution in [1.29, 1.82) is 0 Å². The molecule has 0 bridgehead atoms. The Labute approximate surface area is 88.9 Å². The molecule has 1 aliphatic heterocycles. The van der Waals surface area contributed by atoms with E-state index in [2.05, 4.69) is 22.3 Å². The highest BCUT2D eigenvalue weighted by Gasteiger charge is 2.34. The molecule has 0 saturated carbocycles. The quantitative estimate of drug-likeness (QED) is 0.762.